The molecule has 0 aliphatic carbocycles. The predicted octanol–water partition coefficient (Wildman–Crippen LogP) is 2.78. The lowest BCUT2D eigenvalue weighted by Gasteiger charge is -2.23. The maximum Gasteiger partial charge on any atom is 0.320 e. The van der Waals surface area contributed by atoms with Crippen molar-refractivity contribution in [2.45, 2.75) is 58.5 Å². The van der Waals surface area contributed by atoms with E-state index in [4.69, 9.17) is 0 Å². The monoisotopic (exact) mass is 519 g/mol. The molecule has 3 rings (SSSR count). The van der Waals surface area contributed by atoms with Gasteiger partial charge in [0.05, 0.1) is 18.3 Å². The van der Waals surface area contributed by atoms with E-state index < -0.39 is 16.1 Å². The van der Waals surface area contributed by atoms with Crippen LogP contribution in [0.2, 0.25) is 0 Å². The summed E-state index contributed by atoms with van der Waals surface area (Å²) in [5.41, 5.74) is 1.12. The summed E-state index contributed by atoms with van der Waals surface area (Å²) in [6.45, 7) is 8.54. The molecule has 1 aliphatic rings. The molecule has 1 aromatic heterocycles. The van der Waals surface area contributed by atoms with Gasteiger partial charge in [-0.2, -0.15) is 5.10 Å². The van der Waals surface area contributed by atoms with E-state index in [2.05, 4.69) is 38.7 Å². The van der Waals surface area contributed by atoms with Crippen LogP contribution in [-0.2, 0) is 23.0 Å². The Labute approximate surface area is 215 Å². The molecule has 1 aliphatic heterocycles. The smallest absolute Gasteiger partial charge is 0.320 e. The molecule has 0 spiro atoms. The largest absolute Gasteiger partial charge is 0.325 e. The molecule has 0 unspecified atom stereocenters. The molecule has 1 aromatic carbocycles. The van der Waals surface area contributed by atoms with Gasteiger partial charge in [0.15, 0.2) is 5.82 Å². The second-order valence-electron chi connectivity index (χ2n) is 9.37. The molecule has 2 N–H and O–H groups in total. The quantitative estimate of drug-likeness (QED) is 0.397. The van der Waals surface area contributed by atoms with E-state index in [1.165, 1.54) is 0 Å². The van der Waals surface area contributed by atoms with Crippen LogP contribution in [0.3, 0.4) is 0 Å². The number of H-pyrrole nitrogens is 1. The van der Waals surface area contributed by atoms with Gasteiger partial charge >= 0.3 is 6.03 Å². The summed E-state index contributed by atoms with van der Waals surface area (Å²) < 4.78 is 28.7. The van der Waals surface area contributed by atoms with Crippen molar-refractivity contribution in [3.05, 3.63) is 47.5 Å². The van der Waals surface area contributed by atoms with Gasteiger partial charge in [0.25, 0.3) is 0 Å². The van der Waals surface area contributed by atoms with Gasteiger partial charge in [-0.15, -0.1) is 0 Å². The van der Waals surface area contributed by atoms with Crippen molar-refractivity contribution in [2.24, 2.45) is 0 Å². The lowest BCUT2D eigenvalue weighted by atomic mass is 10.1. The standard InChI is InChI=1S/C25H41N7O3S/c1-4-31(5-2)16-11-19-36(34,35)29-22(15-14-21-12-7-6-8-13-21)24-26-23(27-28-24)20-30(3)25(33)32-17-9-10-18-32/h6-8,12-13,22,29H,4-5,9-11,14-20H2,1-3H3,(H,26,27,28)/t22-/m1/s1. The first kappa shape index (κ1) is 28.1. The van der Waals surface area contributed by atoms with Crippen LogP contribution in [0.15, 0.2) is 30.3 Å². The zero-order chi connectivity index (χ0) is 26.0. The number of likely N-dealkylation sites (tertiary alicyclic amines) is 1. The second kappa shape index (κ2) is 13.7. The fourth-order valence-electron chi connectivity index (χ4n) is 4.47. The molecule has 0 radical (unpaired) electrons. The average Bonchev–Trinajstić information content (AvgIpc) is 3.57. The van der Waals surface area contributed by atoms with Gasteiger partial charge in [-0.3, -0.25) is 5.10 Å². The number of aryl methyl sites for hydroxylation is 1. The number of sulfonamides is 1. The Morgan fingerprint density at radius 3 is 2.53 bits per heavy atom. The Morgan fingerprint density at radius 2 is 1.86 bits per heavy atom. The van der Waals surface area contributed by atoms with Crippen LogP contribution in [0.5, 0.6) is 0 Å². The summed E-state index contributed by atoms with van der Waals surface area (Å²) in [4.78, 5) is 22.9. The van der Waals surface area contributed by atoms with E-state index in [9.17, 15) is 13.2 Å². The topological polar surface area (TPSA) is 115 Å². The molecule has 0 bridgehead atoms. The van der Waals surface area contributed by atoms with E-state index in [0.717, 1.165) is 51.1 Å². The molecule has 2 aromatic rings. The number of nitrogens with one attached hydrogen (secondary N) is 2. The minimum Gasteiger partial charge on any atom is -0.325 e. The summed E-state index contributed by atoms with van der Waals surface area (Å²) in [5, 5.41) is 7.24. The first-order chi connectivity index (χ1) is 17.3. The molecule has 1 atom stereocenters. The normalized spacial score (nSPS) is 14.9. The first-order valence-electron chi connectivity index (χ1n) is 13.0. The van der Waals surface area contributed by atoms with Gasteiger partial charge in [0.1, 0.15) is 5.82 Å². The molecule has 0 saturated carbocycles. The van der Waals surface area contributed by atoms with Gasteiger partial charge in [0.2, 0.25) is 10.0 Å². The Kier molecular flexibility index (Phi) is 10.7. The summed E-state index contributed by atoms with van der Waals surface area (Å²) in [6, 6.07) is 9.37. The highest BCUT2D eigenvalue weighted by Gasteiger charge is 2.25. The van der Waals surface area contributed by atoms with Gasteiger partial charge in [-0.1, -0.05) is 44.2 Å². The minimum atomic E-state index is -3.53. The number of aromatic amines is 1. The van der Waals surface area contributed by atoms with Crippen LogP contribution in [0.4, 0.5) is 4.79 Å². The molecule has 200 valence electrons. The third-order valence-electron chi connectivity index (χ3n) is 6.62. The van der Waals surface area contributed by atoms with Crippen LogP contribution >= 0.6 is 0 Å². The Bertz CT molecular complexity index is 1030. The Balaban J connectivity index is 1.66. The van der Waals surface area contributed by atoms with Gasteiger partial charge < -0.3 is 14.7 Å². The highest BCUT2D eigenvalue weighted by molar-refractivity contribution is 7.89. The molecule has 2 heterocycles. The van der Waals surface area contributed by atoms with Crippen molar-refractivity contribution in [3.8, 4) is 0 Å². The SMILES string of the molecule is CCN(CC)CCCS(=O)(=O)N[C@H](CCc1ccccc1)c1n[nH]c(CN(C)C(=O)N2CCCC2)n1. The van der Waals surface area contributed by atoms with Crippen LogP contribution in [0.1, 0.15) is 62.8 Å². The van der Waals surface area contributed by atoms with E-state index >= 15 is 0 Å². The third-order valence-corrected chi connectivity index (χ3v) is 8.09. The van der Waals surface area contributed by atoms with Crippen molar-refractivity contribution in [2.75, 3.05) is 45.5 Å². The number of carbonyl (C=O) groups excluding carboxylic acids is 1. The Hall–Kier alpha value is -2.50. The molecule has 1 saturated heterocycles. The average molecular weight is 520 g/mol. The second-order valence-corrected chi connectivity index (χ2v) is 11.2. The highest BCUT2D eigenvalue weighted by atomic mass is 32.2. The number of hydrogen-bond donors (Lipinski definition) is 2. The highest BCUT2D eigenvalue weighted by Crippen LogP contribution is 2.19. The maximum absolute atomic E-state index is 13.0. The van der Waals surface area contributed by atoms with Crippen molar-refractivity contribution in [1.29, 1.82) is 0 Å². The molecule has 1 fully saturated rings. The van der Waals surface area contributed by atoms with Crippen molar-refractivity contribution in [1.82, 2.24) is 34.6 Å². The number of carbonyl (C=O) groups is 1. The van der Waals surface area contributed by atoms with Gasteiger partial charge in [0, 0.05) is 20.1 Å². The Morgan fingerprint density at radius 1 is 1.17 bits per heavy atom. The maximum atomic E-state index is 13.0. The number of urea groups is 1. The van der Waals surface area contributed by atoms with Crippen molar-refractivity contribution >= 4 is 16.1 Å². The van der Waals surface area contributed by atoms with Crippen LogP contribution in [0.25, 0.3) is 0 Å². The number of nitrogens with zero attached hydrogens (tertiary/aromatic N) is 5. The molecular formula is C25H41N7O3S. The predicted molar refractivity (Wildman–Crippen MR) is 141 cm³/mol. The van der Waals surface area contributed by atoms with Crippen LogP contribution in [-0.4, -0.2) is 89.9 Å². The zero-order valence-electron chi connectivity index (χ0n) is 21.8. The van der Waals surface area contributed by atoms with E-state index in [-0.39, 0.29) is 18.3 Å². The molecule has 36 heavy (non-hydrogen) atoms. The third kappa shape index (κ3) is 8.56. The van der Waals surface area contributed by atoms with Gasteiger partial charge in [-0.25, -0.2) is 22.9 Å². The first-order valence-corrected chi connectivity index (χ1v) is 14.6. The van der Waals surface area contributed by atoms with Crippen molar-refractivity contribution in [3.63, 3.8) is 0 Å². The summed E-state index contributed by atoms with van der Waals surface area (Å²) in [6.07, 6.45) is 3.84. The summed E-state index contributed by atoms with van der Waals surface area (Å²) >= 11 is 0. The summed E-state index contributed by atoms with van der Waals surface area (Å²) in [7, 11) is -1.78. The van der Waals surface area contributed by atoms with Gasteiger partial charge in [-0.05, 0) is 57.3 Å². The van der Waals surface area contributed by atoms with Crippen molar-refractivity contribution < 1.29 is 13.2 Å². The molecule has 10 nitrogen and oxygen atoms in total. The molecule has 11 heteroatoms. The van der Waals surface area contributed by atoms with E-state index in [0.29, 0.717) is 30.9 Å². The number of aromatic nitrogens is 3. The number of rotatable bonds is 14. The molecule has 2 amide bonds. The lowest BCUT2D eigenvalue weighted by Crippen LogP contribution is -2.39. The van der Waals surface area contributed by atoms with E-state index in [1.54, 1.807) is 11.9 Å². The number of hydrogen-bond acceptors (Lipinski definition) is 6. The number of amides is 2. The van der Waals surface area contributed by atoms with Crippen LogP contribution < -0.4 is 4.72 Å². The fourth-order valence-corrected chi connectivity index (χ4v) is 5.75. The van der Waals surface area contributed by atoms with Crippen LogP contribution in [0, 0.1) is 0 Å². The molecular weight excluding hydrogens is 478 g/mol. The fraction of sp³-hybridized carbons (Fsp3) is 0.640. The van der Waals surface area contributed by atoms with E-state index in [1.807, 2.05) is 35.2 Å². The number of benzene rings is 1. The summed E-state index contributed by atoms with van der Waals surface area (Å²) in [5.74, 6) is 0.983. The minimum absolute atomic E-state index is 0.0278. The lowest BCUT2D eigenvalue weighted by molar-refractivity contribution is 0.170. The zero-order valence-corrected chi connectivity index (χ0v) is 22.6.